The molecule has 0 bridgehead atoms. The van der Waals surface area contributed by atoms with Gasteiger partial charge in [-0.3, -0.25) is 0 Å². The highest BCUT2D eigenvalue weighted by Gasteiger charge is 2.14. The molecule has 102 valence electrons. The summed E-state index contributed by atoms with van der Waals surface area (Å²) in [4.78, 5) is 4.66. The van der Waals surface area contributed by atoms with Gasteiger partial charge in [-0.25, -0.2) is 4.98 Å². The molecular weight excluding hydrogens is 260 g/mol. The fourth-order valence-electron chi connectivity index (χ4n) is 1.74. The van der Waals surface area contributed by atoms with E-state index in [1.54, 1.807) is 25.6 Å². The SMILES string of the molecule is CNC(C)c1csc(-c2cc(OC)ccc2OC)n1. The minimum absolute atomic E-state index is 0.238. The first kappa shape index (κ1) is 13.8. The van der Waals surface area contributed by atoms with Gasteiger partial charge < -0.3 is 14.8 Å². The molecule has 0 spiro atoms. The van der Waals surface area contributed by atoms with E-state index in [2.05, 4.69) is 22.6 Å². The topological polar surface area (TPSA) is 43.4 Å². The van der Waals surface area contributed by atoms with Crippen molar-refractivity contribution in [2.75, 3.05) is 21.3 Å². The smallest absolute Gasteiger partial charge is 0.129 e. The van der Waals surface area contributed by atoms with E-state index in [-0.39, 0.29) is 6.04 Å². The van der Waals surface area contributed by atoms with Crippen molar-refractivity contribution in [2.45, 2.75) is 13.0 Å². The highest BCUT2D eigenvalue weighted by atomic mass is 32.1. The molecule has 1 atom stereocenters. The Labute approximate surface area is 117 Å². The molecule has 1 aromatic carbocycles. The van der Waals surface area contributed by atoms with E-state index >= 15 is 0 Å². The van der Waals surface area contributed by atoms with Gasteiger partial charge in [0.1, 0.15) is 16.5 Å². The lowest BCUT2D eigenvalue weighted by Gasteiger charge is -2.08. The zero-order valence-electron chi connectivity index (χ0n) is 11.6. The van der Waals surface area contributed by atoms with Crippen LogP contribution in [0.15, 0.2) is 23.6 Å². The number of aromatic nitrogens is 1. The fourth-order valence-corrected chi connectivity index (χ4v) is 2.67. The number of nitrogens with zero attached hydrogens (tertiary/aromatic N) is 1. The van der Waals surface area contributed by atoms with Crippen LogP contribution in [0.2, 0.25) is 0 Å². The van der Waals surface area contributed by atoms with Crippen molar-refractivity contribution in [3.05, 3.63) is 29.3 Å². The lowest BCUT2D eigenvalue weighted by atomic mass is 10.2. The summed E-state index contributed by atoms with van der Waals surface area (Å²) >= 11 is 1.61. The van der Waals surface area contributed by atoms with E-state index in [1.807, 2.05) is 25.2 Å². The molecule has 0 radical (unpaired) electrons. The molecule has 0 saturated carbocycles. The van der Waals surface area contributed by atoms with E-state index in [0.717, 1.165) is 27.8 Å². The van der Waals surface area contributed by atoms with Gasteiger partial charge in [0.15, 0.2) is 0 Å². The van der Waals surface area contributed by atoms with Crippen molar-refractivity contribution in [3.8, 4) is 22.1 Å². The maximum absolute atomic E-state index is 5.39. The number of rotatable bonds is 5. The van der Waals surface area contributed by atoms with E-state index in [4.69, 9.17) is 9.47 Å². The molecule has 2 rings (SSSR count). The molecule has 1 N–H and O–H groups in total. The van der Waals surface area contributed by atoms with Gasteiger partial charge in [-0.1, -0.05) is 0 Å². The van der Waals surface area contributed by atoms with Crippen LogP contribution in [0.1, 0.15) is 18.7 Å². The first-order valence-electron chi connectivity index (χ1n) is 6.04. The van der Waals surface area contributed by atoms with Crippen molar-refractivity contribution in [2.24, 2.45) is 0 Å². The summed E-state index contributed by atoms with van der Waals surface area (Å²) < 4.78 is 10.7. The van der Waals surface area contributed by atoms with Gasteiger partial charge in [0.25, 0.3) is 0 Å². The van der Waals surface area contributed by atoms with E-state index in [9.17, 15) is 0 Å². The van der Waals surface area contributed by atoms with E-state index in [1.165, 1.54) is 0 Å². The van der Waals surface area contributed by atoms with Gasteiger partial charge in [0.2, 0.25) is 0 Å². The highest BCUT2D eigenvalue weighted by Crippen LogP contribution is 2.35. The van der Waals surface area contributed by atoms with Crippen LogP contribution < -0.4 is 14.8 Å². The Morgan fingerprint density at radius 3 is 2.68 bits per heavy atom. The molecular formula is C14H18N2O2S. The lowest BCUT2D eigenvalue weighted by Crippen LogP contribution is -2.12. The summed E-state index contributed by atoms with van der Waals surface area (Å²) in [5.41, 5.74) is 1.99. The molecule has 0 aliphatic heterocycles. The van der Waals surface area contributed by atoms with Crippen LogP contribution in [0.4, 0.5) is 0 Å². The number of hydrogen-bond acceptors (Lipinski definition) is 5. The minimum Gasteiger partial charge on any atom is -0.497 e. The quantitative estimate of drug-likeness (QED) is 0.912. The standard InChI is InChI=1S/C14H18N2O2S/c1-9(15-2)12-8-19-14(16-12)11-7-10(17-3)5-6-13(11)18-4/h5-9,15H,1-4H3. The molecule has 2 aromatic rings. The van der Waals surface area contributed by atoms with Crippen LogP contribution >= 0.6 is 11.3 Å². The number of benzene rings is 1. The summed E-state index contributed by atoms with van der Waals surface area (Å²) in [7, 11) is 5.24. The van der Waals surface area contributed by atoms with E-state index in [0.29, 0.717) is 0 Å². The lowest BCUT2D eigenvalue weighted by molar-refractivity contribution is 0.404. The number of hydrogen-bond donors (Lipinski definition) is 1. The second-order valence-corrected chi connectivity index (χ2v) is 5.01. The summed E-state index contributed by atoms with van der Waals surface area (Å²) in [5, 5.41) is 6.19. The normalized spacial score (nSPS) is 12.2. The van der Waals surface area contributed by atoms with Crippen LogP contribution in [0.5, 0.6) is 11.5 Å². The van der Waals surface area contributed by atoms with Crippen molar-refractivity contribution < 1.29 is 9.47 Å². The molecule has 0 amide bonds. The zero-order chi connectivity index (χ0) is 13.8. The Hall–Kier alpha value is -1.59. The number of ether oxygens (including phenoxy) is 2. The van der Waals surface area contributed by atoms with Crippen LogP contribution in [-0.2, 0) is 0 Å². The molecule has 0 aliphatic rings. The molecule has 0 saturated heterocycles. The Morgan fingerprint density at radius 1 is 1.26 bits per heavy atom. The predicted octanol–water partition coefficient (Wildman–Crippen LogP) is 3.11. The molecule has 4 nitrogen and oxygen atoms in total. The second kappa shape index (κ2) is 6.04. The van der Waals surface area contributed by atoms with Gasteiger partial charge in [0.05, 0.1) is 25.5 Å². The Kier molecular flexibility index (Phi) is 4.39. The van der Waals surface area contributed by atoms with Gasteiger partial charge in [-0.15, -0.1) is 11.3 Å². The average Bonchev–Trinajstić information content (AvgIpc) is 2.95. The third-order valence-corrected chi connectivity index (χ3v) is 3.93. The summed E-state index contributed by atoms with van der Waals surface area (Å²) in [5.74, 6) is 1.60. The maximum atomic E-state index is 5.39. The van der Waals surface area contributed by atoms with E-state index < -0.39 is 0 Å². The summed E-state index contributed by atoms with van der Waals surface area (Å²) in [6, 6.07) is 5.97. The van der Waals surface area contributed by atoms with Crippen LogP contribution in [0, 0.1) is 0 Å². The average molecular weight is 278 g/mol. The second-order valence-electron chi connectivity index (χ2n) is 4.15. The van der Waals surface area contributed by atoms with Gasteiger partial charge >= 0.3 is 0 Å². The van der Waals surface area contributed by atoms with Crippen molar-refractivity contribution >= 4 is 11.3 Å². The highest BCUT2D eigenvalue weighted by molar-refractivity contribution is 7.13. The number of methoxy groups -OCH3 is 2. The van der Waals surface area contributed by atoms with Gasteiger partial charge in [-0.2, -0.15) is 0 Å². The summed E-state index contributed by atoms with van der Waals surface area (Å²) in [6.45, 7) is 2.08. The maximum Gasteiger partial charge on any atom is 0.129 e. The Bertz CT molecular complexity index is 554. The molecule has 1 unspecified atom stereocenters. The molecule has 19 heavy (non-hydrogen) atoms. The fraction of sp³-hybridized carbons (Fsp3) is 0.357. The van der Waals surface area contributed by atoms with Crippen LogP contribution in [0.3, 0.4) is 0 Å². The monoisotopic (exact) mass is 278 g/mol. The van der Waals surface area contributed by atoms with Gasteiger partial charge in [0, 0.05) is 11.4 Å². The molecule has 0 fully saturated rings. The Balaban J connectivity index is 2.42. The van der Waals surface area contributed by atoms with Crippen LogP contribution in [0.25, 0.3) is 10.6 Å². The van der Waals surface area contributed by atoms with Crippen molar-refractivity contribution in [3.63, 3.8) is 0 Å². The molecule has 1 aromatic heterocycles. The van der Waals surface area contributed by atoms with Crippen LogP contribution in [-0.4, -0.2) is 26.3 Å². The third-order valence-electron chi connectivity index (χ3n) is 3.04. The van der Waals surface area contributed by atoms with Crippen molar-refractivity contribution in [1.29, 1.82) is 0 Å². The Morgan fingerprint density at radius 2 is 2.05 bits per heavy atom. The number of thiazole rings is 1. The first-order valence-corrected chi connectivity index (χ1v) is 6.92. The first-order chi connectivity index (χ1) is 9.19. The third kappa shape index (κ3) is 2.88. The molecule has 1 heterocycles. The zero-order valence-corrected chi connectivity index (χ0v) is 12.4. The minimum atomic E-state index is 0.238. The van der Waals surface area contributed by atoms with Gasteiger partial charge in [-0.05, 0) is 32.2 Å². The number of nitrogens with one attached hydrogen (secondary N) is 1. The molecule has 5 heteroatoms. The molecule has 0 aliphatic carbocycles. The largest absolute Gasteiger partial charge is 0.497 e. The summed E-state index contributed by atoms with van der Waals surface area (Å²) in [6.07, 6.45) is 0. The predicted molar refractivity (Wildman–Crippen MR) is 78.1 cm³/mol. The van der Waals surface area contributed by atoms with Crippen molar-refractivity contribution in [1.82, 2.24) is 10.3 Å².